The fraction of sp³-hybridized carbons (Fsp3) is 0.625. The zero-order valence-corrected chi connectivity index (χ0v) is 16.3. The number of aliphatic hydroxyl groups excluding tert-OH is 1. The monoisotopic (exact) mass is 433 g/mol. The van der Waals surface area contributed by atoms with Gasteiger partial charge in [0.2, 0.25) is 23.6 Å². The molecular weight excluding hydrogens is 406 g/mol. The summed E-state index contributed by atoms with van der Waals surface area (Å²) in [5.41, 5.74) is 10.5. The van der Waals surface area contributed by atoms with Crippen LogP contribution in [0.25, 0.3) is 0 Å². The molecule has 0 saturated heterocycles. The Labute approximate surface area is 171 Å². The van der Waals surface area contributed by atoms with E-state index in [0.717, 1.165) is 0 Å². The third kappa shape index (κ3) is 10.9. The van der Waals surface area contributed by atoms with E-state index < -0.39 is 72.8 Å². The van der Waals surface area contributed by atoms with Crippen LogP contribution >= 0.6 is 0 Å². The molecule has 0 heterocycles. The van der Waals surface area contributed by atoms with Gasteiger partial charge in [-0.2, -0.15) is 0 Å². The molecule has 0 aromatic rings. The summed E-state index contributed by atoms with van der Waals surface area (Å²) in [7, 11) is 0. The van der Waals surface area contributed by atoms with E-state index in [9.17, 15) is 33.9 Å². The van der Waals surface area contributed by atoms with Crippen molar-refractivity contribution in [3.63, 3.8) is 0 Å². The summed E-state index contributed by atoms with van der Waals surface area (Å²) in [6, 6.07) is -4.18. The molecule has 0 rings (SSSR count). The predicted molar refractivity (Wildman–Crippen MR) is 99.5 cm³/mol. The molecule has 0 aromatic heterocycles. The van der Waals surface area contributed by atoms with E-state index in [1.165, 1.54) is 6.92 Å². The lowest BCUT2D eigenvalue weighted by atomic mass is 10.1. The van der Waals surface area contributed by atoms with Crippen molar-refractivity contribution in [2.75, 3.05) is 6.54 Å². The molecule has 170 valence electrons. The second kappa shape index (κ2) is 13.1. The minimum absolute atomic E-state index is 0.262. The maximum atomic E-state index is 12.6. The molecule has 0 bridgehead atoms. The highest BCUT2D eigenvalue weighted by Crippen LogP contribution is 2.04. The third-order valence-corrected chi connectivity index (χ3v) is 3.83. The van der Waals surface area contributed by atoms with Crippen molar-refractivity contribution in [2.45, 2.75) is 56.8 Å². The molecule has 14 heteroatoms. The van der Waals surface area contributed by atoms with Crippen molar-refractivity contribution in [3.8, 4) is 0 Å². The number of hydrogen-bond donors (Lipinski definition) is 8. The summed E-state index contributed by atoms with van der Waals surface area (Å²) in [6.07, 6.45) is -2.70. The van der Waals surface area contributed by atoms with Crippen LogP contribution in [0.5, 0.6) is 0 Å². The van der Waals surface area contributed by atoms with Gasteiger partial charge in [-0.1, -0.05) is 0 Å². The molecular formula is C16H27N5O9. The summed E-state index contributed by atoms with van der Waals surface area (Å²) in [5.74, 6) is -6.21. The number of hydrogen-bond acceptors (Lipinski definition) is 8. The van der Waals surface area contributed by atoms with E-state index in [2.05, 4.69) is 10.6 Å². The Balaban J connectivity index is 5.36. The molecule has 0 aromatic carbocycles. The Kier molecular flexibility index (Phi) is 11.6. The number of nitrogens with two attached hydrogens (primary N) is 2. The van der Waals surface area contributed by atoms with Crippen LogP contribution in [0.4, 0.5) is 0 Å². The number of aliphatic hydroxyl groups is 1. The van der Waals surface area contributed by atoms with Crippen LogP contribution < -0.4 is 27.4 Å². The Morgan fingerprint density at radius 3 is 1.80 bits per heavy atom. The van der Waals surface area contributed by atoms with Gasteiger partial charge < -0.3 is 42.7 Å². The molecule has 14 nitrogen and oxygen atoms in total. The van der Waals surface area contributed by atoms with Crippen LogP contribution in [0, 0.1) is 0 Å². The minimum atomic E-state index is -1.42. The van der Waals surface area contributed by atoms with Gasteiger partial charge in [0, 0.05) is 12.8 Å². The number of rotatable bonds is 14. The summed E-state index contributed by atoms with van der Waals surface area (Å²) in [6.45, 7) is 0.487. The number of nitrogens with one attached hydrogen (secondary N) is 3. The molecule has 30 heavy (non-hydrogen) atoms. The van der Waals surface area contributed by atoms with E-state index in [1.54, 1.807) is 0 Å². The van der Waals surface area contributed by atoms with E-state index >= 15 is 0 Å². The number of aliphatic carboxylic acids is 2. The van der Waals surface area contributed by atoms with Gasteiger partial charge in [-0.25, -0.2) is 0 Å². The standard InChI is InChI=1S/C16H27N5O9/c1-7(22)13(18)16(30)21-9(2-4-10(17)23)15(29)20-8(3-5-11(24)25)14(28)19-6-12(26)27/h7-9,13,22H,2-6,18H2,1H3,(H2,17,23)(H,19,28)(H,20,29)(H,21,30)(H,24,25)(H,26,27). The molecule has 0 aliphatic carbocycles. The van der Waals surface area contributed by atoms with Gasteiger partial charge in [-0.3, -0.25) is 28.8 Å². The quantitative estimate of drug-likeness (QED) is 0.132. The first-order chi connectivity index (χ1) is 13.8. The molecule has 4 amide bonds. The summed E-state index contributed by atoms with van der Waals surface area (Å²) in [4.78, 5) is 69.1. The highest BCUT2D eigenvalue weighted by molar-refractivity contribution is 5.94. The fourth-order valence-corrected chi connectivity index (χ4v) is 2.14. The van der Waals surface area contributed by atoms with Crippen molar-refractivity contribution in [1.29, 1.82) is 0 Å². The summed E-state index contributed by atoms with van der Waals surface area (Å²) in [5, 5.41) is 33.3. The average Bonchev–Trinajstić information content (AvgIpc) is 2.64. The second-order valence-corrected chi connectivity index (χ2v) is 6.44. The van der Waals surface area contributed by atoms with Crippen molar-refractivity contribution in [3.05, 3.63) is 0 Å². The number of carboxylic acids is 2. The van der Waals surface area contributed by atoms with Gasteiger partial charge in [-0.05, 0) is 19.8 Å². The lowest BCUT2D eigenvalue weighted by Gasteiger charge is -2.24. The van der Waals surface area contributed by atoms with Gasteiger partial charge >= 0.3 is 11.9 Å². The zero-order valence-electron chi connectivity index (χ0n) is 16.3. The number of carbonyl (C=O) groups is 6. The zero-order chi connectivity index (χ0) is 23.4. The molecule has 4 unspecified atom stereocenters. The Hall–Kier alpha value is -3.26. The van der Waals surface area contributed by atoms with Crippen LogP contribution in [0.3, 0.4) is 0 Å². The smallest absolute Gasteiger partial charge is 0.322 e. The molecule has 10 N–H and O–H groups in total. The lowest BCUT2D eigenvalue weighted by molar-refractivity contribution is -0.140. The first-order valence-electron chi connectivity index (χ1n) is 8.89. The first-order valence-corrected chi connectivity index (χ1v) is 8.89. The number of carbonyl (C=O) groups excluding carboxylic acids is 4. The SMILES string of the molecule is CC(O)C(N)C(=O)NC(CCC(N)=O)C(=O)NC(CCC(=O)O)C(=O)NCC(=O)O. The average molecular weight is 433 g/mol. The number of carboxylic acid groups (broad SMARTS) is 2. The van der Waals surface area contributed by atoms with Crippen molar-refractivity contribution < 1.29 is 44.1 Å². The van der Waals surface area contributed by atoms with Crippen LogP contribution in [0.15, 0.2) is 0 Å². The highest BCUT2D eigenvalue weighted by Gasteiger charge is 2.29. The van der Waals surface area contributed by atoms with Gasteiger partial charge in [0.15, 0.2) is 0 Å². The maximum Gasteiger partial charge on any atom is 0.322 e. The Morgan fingerprint density at radius 2 is 1.33 bits per heavy atom. The molecule has 0 radical (unpaired) electrons. The number of primary amides is 1. The predicted octanol–water partition coefficient (Wildman–Crippen LogP) is -4.00. The molecule has 0 aliphatic heterocycles. The third-order valence-electron chi connectivity index (χ3n) is 3.83. The molecule has 0 aliphatic rings. The second-order valence-electron chi connectivity index (χ2n) is 6.44. The van der Waals surface area contributed by atoms with Crippen molar-refractivity contribution >= 4 is 35.6 Å². The van der Waals surface area contributed by atoms with E-state index in [4.69, 9.17) is 21.7 Å². The maximum absolute atomic E-state index is 12.6. The number of amides is 4. The molecule has 4 atom stereocenters. The summed E-state index contributed by atoms with van der Waals surface area (Å²) < 4.78 is 0. The van der Waals surface area contributed by atoms with Gasteiger partial charge in [-0.15, -0.1) is 0 Å². The van der Waals surface area contributed by atoms with Gasteiger partial charge in [0.25, 0.3) is 0 Å². The summed E-state index contributed by atoms with van der Waals surface area (Å²) >= 11 is 0. The van der Waals surface area contributed by atoms with E-state index in [-0.39, 0.29) is 19.3 Å². The Bertz CT molecular complexity index is 667. The van der Waals surface area contributed by atoms with Crippen LogP contribution in [0.2, 0.25) is 0 Å². The van der Waals surface area contributed by atoms with Crippen LogP contribution in [0.1, 0.15) is 32.6 Å². The van der Waals surface area contributed by atoms with Crippen LogP contribution in [-0.4, -0.2) is 81.7 Å². The highest BCUT2D eigenvalue weighted by atomic mass is 16.4. The molecule has 0 spiro atoms. The van der Waals surface area contributed by atoms with Crippen molar-refractivity contribution in [2.24, 2.45) is 11.5 Å². The topological polar surface area (TPSA) is 251 Å². The molecule has 0 saturated carbocycles. The largest absolute Gasteiger partial charge is 0.481 e. The normalized spacial score (nSPS) is 14.5. The lowest BCUT2D eigenvalue weighted by Crippen LogP contribution is -2.57. The fourth-order valence-electron chi connectivity index (χ4n) is 2.14. The van der Waals surface area contributed by atoms with Crippen molar-refractivity contribution in [1.82, 2.24) is 16.0 Å². The van der Waals surface area contributed by atoms with Gasteiger partial charge in [0.1, 0.15) is 24.7 Å². The van der Waals surface area contributed by atoms with Crippen LogP contribution in [-0.2, 0) is 28.8 Å². The van der Waals surface area contributed by atoms with E-state index in [0.29, 0.717) is 0 Å². The molecule has 0 fully saturated rings. The van der Waals surface area contributed by atoms with E-state index in [1.807, 2.05) is 5.32 Å². The minimum Gasteiger partial charge on any atom is -0.481 e. The first kappa shape index (κ1) is 26.7. The Morgan fingerprint density at radius 1 is 0.833 bits per heavy atom. The van der Waals surface area contributed by atoms with Gasteiger partial charge in [0.05, 0.1) is 6.10 Å².